The molecule has 10 nitrogen and oxygen atoms in total. The molecular weight excluding hydrogens is 460 g/mol. The minimum atomic E-state index is -2.94. The monoisotopic (exact) mass is 479 g/mol. The average molecular weight is 479 g/mol. The van der Waals surface area contributed by atoms with E-state index in [0.29, 0.717) is 36.5 Å². The Morgan fingerprint density at radius 2 is 2.00 bits per heavy atom. The summed E-state index contributed by atoms with van der Waals surface area (Å²) in [5.41, 5.74) is 6.08. The lowest BCUT2D eigenvalue weighted by atomic mass is 10.1. The van der Waals surface area contributed by atoms with Crippen LogP contribution in [0.3, 0.4) is 0 Å². The molecule has 2 aliphatic heterocycles. The van der Waals surface area contributed by atoms with Crippen molar-refractivity contribution in [1.29, 1.82) is 0 Å². The fourth-order valence-corrected chi connectivity index (χ4v) is 4.74. The largest absolute Gasteiger partial charge is 0.374 e. The fraction of sp³-hybridized carbons (Fsp3) is 0.261. The number of anilines is 1. The number of aromatic nitrogens is 5. The summed E-state index contributed by atoms with van der Waals surface area (Å²) >= 11 is 0. The van der Waals surface area contributed by atoms with Crippen molar-refractivity contribution in [2.45, 2.75) is 25.0 Å². The van der Waals surface area contributed by atoms with Crippen LogP contribution >= 0.6 is 0 Å². The van der Waals surface area contributed by atoms with Gasteiger partial charge in [-0.1, -0.05) is 0 Å². The van der Waals surface area contributed by atoms with Crippen molar-refractivity contribution in [2.24, 2.45) is 5.73 Å². The van der Waals surface area contributed by atoms with Gasteiger partial charge in [0.15, 0.2) is 5.65 Å². The van der Waals surface area contributed by atoms with Crippen molar-refractivity contribution >= 4 is 23.7 Å². The molecule has 2 atom stereocenters. The first-order valence-electron chi connectivity index (χ1n) is 10.9. The maximum Gasteiger partial charge on any atom is 0.282 e. The van der Waals surface area contributed by atoms with E-state index in [0.717, 1.165) is 6.42 Å². The number of alkyl halides is 2. The van der Waals surface area contributed by atoms with E-state index in [1.165, 1.54) is 15.4 Å². The number of nitrogens with zero attached hydrogens (tertiary/aromatic N) is 6. The van der Waals surface area contributed by atoms with Gasteiger partial charge < -0.3 is 15.4 Å². The first-order chi connectivity index (χ1) is 16.9. The molecule has 12 heteroatoms. The van der Waals surface area contributed by atoms with Gasteiger partial charge in [-0.05, 0) is 36.8 Å². The molecule has 1 aromatic carbocycles. The van der Waals surface area contributed by atoms with E-state index in [2.05, 4.69) is 20.1 Å². The number of ether oxygens (including phenoxy) is 1. The van der Waals surface area contributed by atoms with Gasteiger partial charge >= 0.3 is 0 Å². The number of aldehydes is 1. The van der Waals surface area contributed by atoms with Crippen LogP contribution in [0.25, 0.3) is 22.6 Å². The summed E-state index contributed by atoms with van der Waals surface area (Å²) in [4.78, 5) is 30.2. The minimum Gasteiger partial charge on any atom is -0.374 e. The molecule has 2 aliphatic rings. The van der Waals surface area contributed by atoms with Crippen LogP contribution in [0.4, 0.5) is 14.6 Å². The summed E-state index contributed by atoms with van der Waals surface area (Å²) in [5.74, 6) is -0.198. The Morgan fingerprint density at radius 1 is 1.20 bits per heavy atom. The maximum absolute atomic E-state index is 14.0. The molecule has 2 N–H and O–H groups in total. The highest BCUT2D eigenvalue weighted by atomic mass is 19.3. The normalized spacial score (nSPS) is 19.2. The summed E-state index contributed by atoms with van der Waals surface area (Å²) < 4.78 is 36.2. The number of carbonyl (C=O) groups excluding carboxylic acids is 2. The summed E-state index contributed by atoms with van der Waals surface area (Å²) in [5, 5.41) is 8.40. The van der Waals surface area contributed by atoms with Crippen LogP contribution in [0, 0.1) is 0 Å². The number of hydrogen-bond acceptors (Lipinski definition) is 7. The molecular formula is C23H19F2N7O3. The molecule has 178 valence electrons. The van der Waals surface area contributed by atoms with E-state index < -0.39 is 18.0 Å². The predicted molar refractivity (Wildman–Crippen MR) is 120 cm³/mol. The summed E-state index contributed by atoms with van der Waals surface area (Å²) in [6.07, 6.45) is 1.79. The summed E-state index contributed by atoms with van der Waals surface area (Å²) in [6, 6.07) is 8.22. The van der Waals surface area contributed by atoms with Crippen molar-refractivity contribution in [3.63, 3.8) is 0 Å². The molecule has 2 bridgehead atoms. The number of halogens is 2. The lowest BCUT2D eigenvalue weighted by Crippen LogP contribution is -2.37. The van der Waals surface area contributed by atoms with Gasteiger partial charge in [0.05, 0.1) is 30.0 Å². The number of amides is 1. The highest BCUT2D eigenvalue weighted by molar-refractivity contribution is 6.05. The van der Waals surface area contributed by atoms with Gasteiger partial charge in [-0.15, -0.1) is 0 Å². The van der Waals surface area contributed by atoms with Crippen LogP contribution in [0.15, 0.2) is 42.7 Å². The molecule has 0 radical (unpaired) electrons. The Bertz CT molecular complexity index is 1460. The smallest absolute Gasteiger partial charge is 0.282 e. The number of hydrogen-bond donors (Lipinski definition) is 1. The van der Waals surface area contributed by atoms with Crippen LogP contribution in [0.1, 0.15) is 39.3 Å². The third-order valence-electron chi connectivity index (χ3n) is 6.41. The van der Waals surface area contributed by atoms with E-state index in [-0.39, 0.29) is 34.6 Å². The molecule has 4 aromatic rings. The zero-order valence-electron chi connectivity index (χ0n) is 18.2. The molecule has 0 unspecified atom stereocenters. The number of fused-ring (bicyclic) bond motifs is 3. The number of nitrogens with two attached hydrogens (primary N) is 1. The number of rotatable bonds is 6. The molecule has 1 amide bonds. The summed E-state index contributed by atoms with van der Waals surface area (Å²) in [6.45, 7) is 1.29. The second-order valence-corrected chi connectivity index (χ2v) is 8.52. The quantitative estimate of drug-likeness (QED) is 0.422. The third-order valence-corrected chi connectivity index (χ3v) is 6.41. The Hall–Kier alpha value is -4.19. The second-order valence-electron chi connectivity index (χ2n) is 8.52. The van der Waals surface area contributed by atoms with Gasteiger partial charge in [-0.25, -0.2) is 23.0 Å². The Labute approximate surface area is 196 Å². The van der Waals surface area contributed by atoms with Gasteiger partial charge in [0, 0.05) is 24.5 Å². The number of morpholine rings is 1. The average Bonchev–Trinajstić information content (AvgIpc) is 3.65. The second kappa shape index (κ2) is 7.94. The molecule has 2 fully saturated rings. The van der Waals surface area contributed by atoms with E-state index in [4.69, 9.17) is 10.5 Å². The first-order valence-corrected chi connectivity index (χ1v) is 10.9. The molecule has 0 aliphatic carbocycles. The zero-order valence-corrected chi connectivity index (χ0v) is 18.2. The highest BCUT2D eigenvalue weighted by Crippen LogP contribution is 2.35. The van der Waals surface area contributed by atoms with Crippen molar-refractivity contribution in [3.8, 4) is 16.9 Å². The SMILES string of the molecule is NC(=O)c1c(-c2cn(-c3ccc(C=O)cc3)nc2C(F)F)nn2ccc(N3C[C@H]4C[C@@H]3CO4)nc12. The van der Waals surface area contributed by atoms with Crippen molar-refractivity contribution in [1.82, 2.24) is 24.4 Å². The van der Waals surface area contributed by atoms with Crippen LogP contribution < -0.4 is 10.6 Å². The molecule has 35 heavy (non-hydrogen) atoms. The minimum absolute atomic E-state index is 0.0283. The molecule has 0 spiro atoms. The van der Waals surface area contributed by atoms with Crippen molar-refractivity contribution in [3.05, 3.63) is 59.5 Å². The maximum atomic E-state index is 14.0. The molecule has 2 saturated heterocycles. The van der Waals surface area contributed by atoms with Crippen molar-refractivity contribution < 1.29 is 23.1 Å². The highest BCUT2D eigenvalue weighted by Gasteiger charge is 2.40. The van der Waals surface area contributed by atoms with E-state index in [1.807, 2.05) is 0 Å². The molecule has 0 saturated carbocycles. The molecule has 6 rings (SSSR count). The Balaban J connectivity index is 1.48. The zero-order chi connectivity index (χ0) is 24.3. The molecule has 3 aromatic heterocycles. The standard InChI is InChI=1S/C23H19F2N7O3/c24-21(25)20-16(9-32(29-20)13-3-1-12(10-33)2-4-13)19-18(22(26)34)23-27-17(5-6-31(23)28-19)30-8-15-7-14(30)11-35-15/h1-6,9-10,14-15,21H,7-8,11H2,(H2,26,34)/t14-,15-/m1/s1. The lowest BCUT2D eigenvalue weighted by Gasteiger charge is -2.27. The number of primary amides is 1. The van der Waals surface area contributed by atoms with Gasteiger partial charge in [-0.2, -0.15) is 10.2 Å². The van der Waals surface area contributed by atoms with Gasteiger partial charge in [0.1, 0.15) is 29.1 Å². The lowest BCUT2D eigenvalue weighted by molar-refractivity contribution is 0.0987. The number of benzene rings is 1. The van der Waals surface area contributed by atoms with Crippen LogP contribution in [-0.4, -0.2) is 61.9 Å². The van der Waals surface area contributed by atoms with Gasteiger partial charge in [0.25, 0.3) is 12.3 Å². The Morgan fingerprint density at radius 3 is 2.63 bits per heavy atom. The van der Waals surface area contributed by atoms with Crippen molar-refractivity contribution in [2.75, 3.05) is 18.1 Å². The van der Waals surface area contributed by atoms with E-state index in [9.17, 15) is 18.4 Å². The predicted octanol–water partition coefficient (Wildman–Crippen LogP) is 2.41. The van der Waals surface area contributed by atoms with Gasteiger partial charge in [-0.3, -0.25) is 9.59 Å². The number of carbonyl (C=O) groups is 2. The summed E-state index contributed by atoms with van der Waals surface area (Å²) in [7, 11) is 0. The van der Waals surface area contributed by atoms with Crippen LogP contribution in [0.5, 0.6) is 0 Å². The van der Waals surface area contributed by atoms with Crippen LogP contribution in [-0.2, 0) is 4.74 Å². The van der Waals surface area contributed by atoms with Gasteiger partial charge in [0.2, 0.25) is 0 Å². The van der Waals surface area contributed by atoms with E-state index >= 15 is 0 Å². The Kier molecular flexibility index (Phi) is 4.85. The first kappa shape index (κ1) is 21.4. The topological polar surface area (TPSA) is 121 Å². The molecule has 5 heterocycles. The van der Waals surface area contributed by atoms with E-state index in [1.54, 1.807) is 36.5 Å². The fourth-order valence-electron chi connectivity index (χ4n) is 4.74. The third kappa shape index (κ3) is 3.44. The van der Waals surface area contributed by atoms with Crippen LogP contribution in [0.2, 0.25) is 0 Å².